The van der Waals surface area contributed by atoms with E-state index in [2.05, 4.69) is 0 Å². The molecule has 2 nitrogen and oxygen atoms in total. The maximum atomic E-state index is 10.4. The molecule has 0 N–H and O–H groups in total. The molecule has 0 fully saturated rings. The van der Waals surface area contributed by atoms with Gasteiger partial charge in [-0.25, -0.2) is 0 Å². The van der Waals surface area contributed by atoms with E-state index in [1.54, 1.807) is 6.66 Å². The first-order chi connectivity index (χ1) is 3.42. The molecule has 0 radical (unpaired) electrons. The lowest BCUT2D eigenvalue weighted by atomic mass is 10.2. The van der Waals surface area contributed by atoms with Gasteiger partial charge in [0, 0.05) is 6.66 Å². The average Bonchev–Trinajstić information content (AvgIpc) is 1.21. The second-order valence-electron chi connectivity index (χ2n) is 2.71. The van der Waals surface area contributed by atoms with Crippen LogP contribution in [0.25, 0.3) is 0 Å². The summed E-state index contributed by atoms with van der Waals surface area (Å²) in [4.78, 5) is 0. The average molecular weight is 136 g/mol. The summed E-state index contributed by atoms with van der Waals surface area (Å²) in [5.74, 6) is 0. The van der Waals surface area contributed by atoms with E-state index in [1.165, 1.54) is 0 Å². The van der Waals surface area contributed by atoms with Gasteiger partial charge < -0.3 is 4.52 Å². The summed E-state index contributed by atoms with van der Waals surface area (Å²) in [6.07, 6.45) is 0. The quantitative estimate of drug-likeness (QED) is 0.514. The maximum absolute atomic E-state index is 10.4. The van der Waals surface area contributed by atoms with Gasteiger partial charge in [0.1, 0.15) is 0 Å². The summed E-state index contributed by atoms with van der Waals surface area (Å²) < 4.78 is 15.4. The van der Waals surface area contributed by atoms with Gasteiger partial charge in [-0.2, -0.15) is 0 Å². The zero-order chi connectivity index (χ0) is 6.78. The van der Waals surface area contributed by atoms with Crippen molar-refractivity contribution in [2.75, 3.05) is 6.66 Å². The highest BCUT2D eigenvalue weighted by Crippen LogP contribution is 2.24. The summed E-state index contributed by atoms with van der Waals surface area (Å²) in [5.41, 5.74) is -0.245. The van der Waals surface area contributed by atoms with Gasteiger partial charge in [-0.1, -0.05) is 0 Å². The Morgan fingerprint density at radius 1 is 1.38 bits per heavy atom. The van der Waals surface area contributed by atoms with Crippen LogP contribution in [0.2, 0.25) is 0 Å². The molecule has 0 aromatic rings. The third-order valence-corrected chi connectivity index (χ3v) is 1.35. The van der Waals surface area contributed by atoms with Crippen molar-refractivity contribution in [2.24, 2.45) is 0 Å². The van der Waals surface area contributed by atoms with E-state index in [-0.39, 0.29) is 5.60 Å². The van der Waals surface area contributed by atoms with Crippen molar-refractivity contribution in [3.05, 3.63) is 0 Å². The van der Waals surface area contributed by atoms with Crippen LogP contribution in [-0.4, -0.2) is 12.3 Å². The van der Waals surface area contributed by atoms with Gasteiger partial charge in [0.2, 0.25) is 0 Å². The Morgan fingerprint density at radius 2 is 1.75 bits per heavy atom. The van der Waals surface area contributed by atoms with Crippen molar-refractivity contribution in [3.63, 3.8) is 0 Å². The maximum Gasteiger partial charge on any atom is 0.189 e. The first-order valence-electron chi connectivity index (χ1n) is 2.61. The molecule has 0 saturated heterocycles. The Balaban J connectivity index is 3.55. The minimum atomic E-state index is -1.74. The first-order valence-corrected chi connectivity index (χ1v) is 4.43. The monoisotopic (exact) mass is 136 g/mol. The van der Waals surface area contributed by atoms with Crippen molar-refractivity contribution in [3.8, 4) is 0 Å². The van der Waals surface area contributed by atoms with Gasteiger partial charge in [0.15, 0.2) is 8.03 Å². The predicted octanol–water partition coefficient (Wildman–Crippen LogP) is 1.91. The second-order valence-corrected chi connectivity index (χ2v) is 3.89. The SMILES string of the molecule is C[PH](=O)OC(C)(C)C. The number of hydrogen-bond acceptors (Lipinski definition) is 2. The van der Waals surface area contributed by atoms with Gasteiger partial charge in [-0.05, 0) is 20.8 Å². The summed E-state index contributed by atoms with van der Waals surface area (Å²) >= 11 is 0. The van der Waals surface area contributed by atoms with E-state index in [9.17, 15) is 4.57 Å². The second kappa shape index (κ2) is 2.65. The topological polar surface area (TPSA) is 26.3 Å². The minimum absolute atomic E-state index is 0.245. The molecule has 50 valence electrons. The molecule has 3 heteroatoms. The van der Waals surface area contributed by atoms with Crippen LogP contribution in [0.5, 0.6) is 0 Å². The minimum Gasteiger partial charge on any atom is -0.325 e. The van der Waals surface area contributed by atoms with Crippen LogP contribution in [0.1, 0.15) is 20.8 Å². The molecule has 0 saturated carbocycles. The van der Waals surface area contributed by atoms with Crippen molar-refractivity contribution in [2.45, 2.75) is 26.4 Å². The third-order valence-electron chi connectivity index (χ3n) is 0.450. The highest BCUT2D eigenvalue weighted by molar-refractivity contribution is 7.38. The van der Waals surface area contributed by atoms with Crippen LogP contribution < -0.4 is 0 Å². The van der Waals surface area contributed by atoms with Crippen molar-refractivity contribution in [1.82, 2.24) is 0 Å². The van der Waals surface area contributed by atoms with Crippen LogP contribution in [0, 0.1) is 0 Å². The predicted molar refractivity (Wildman–Crippen MR) is 35.8 cm³/mol. The van der Waals surface area contributed by atoms with Crippen molar-refractivity contribution in [1.29, 1.82) is 0 Å². The largest absolute Gasteiger partial charge is 0.325 e. The number of rotatable bonds is 1. The molecule has 0 bridgehead atoms. The molecule has 1 unspecified atom stereocenters. The molecule has 0 aliphatic rings. The zero-order valence-electron chi connectivity index (χ0n) is 5.82. The Kier molecular flexibility index (Phi) is 2.72. The van der Waals surface area contributed by atoms with Gasteiger partial charge >= 0.3 is 0 Å². The molecule has 0 aliphatic heterocycles. The fraction of sp³-hybridized carbons (Fsp3) is 1.00. The molecule has 8 heavy (non-hydrogen) atoms. The Bertz CT molecular complexity index is 93.1. The van der Waals surface area contributed by atoms with Crippen LogP contribution in [-0.2, 0) is 9.09 Å². The highest BCUT2D eigenvalue weighted by atomic mass is 31.1. The molecule has 0 heterocycles. The van der Waals surface area contributed by atoms with Crippen LogP contribution in [0.3, 0.4) is 0 Å². The molecule has 0 rings (SSSR count). The highest BCUT2D eigenvalue weighted by Gasteiger charge is 2.10. The lowest BCUT2D eigenvalue weighted by Crippen LogP contribution is -2.14. The van der Waals surface area contributed by atoms with E-state index in [0.29, 0.717) is 0 Å². The molecule has 1 atom stereocenters. The fourth-order valence-corrected chi connectivity index (χ4v) is 1.29. The van der Waals surface area contributed by atoms with E-state index < -0.39 is 8.03 Å². The van der Waals surface area contributed by atoms with E-state index >= 15 is 0 Å². The first kappa shape index (κ1) is 8.19. The standard InChI is InChI=1S/C5H13O2P/c1-5(2,3)7-8(4)6/h8H,1-4H3. The summed E-state index contributed by atoms with van der Waals surface area (Å²) in [7, 11) is -1.74. The lowest BCUT2D eigenvalue weighted by molar-refractivity contribution is 0.145. The summed E-state index contributed by atoms with van der Waals surface area (Å²) in [6, 6.07) is 0. The van der Waals surface area contributed by atoms with Crippen LogP contribution in [0.4, 0.5) is 0 Å². The normalized spacial score (nSPS) is 16.0. The van der Waals surface area contributed by atoms with Crippen LogP contribution in [0.15, 0.2) is 0 Å². The van der Waals surface area contributed by atoms with E-state index in [0.717, 1.165) is 0 Å². The van der Waals surface area contributed by atoms with Gasteiger partial charge in [-0.3, -0.25) is 4.57 Å². The Hall–Kier alpha value is 0.190. The zero-order valence-corrected chi connectivity index (χ0v) is 6.82. The van der Waals surface area contributed by atoms with E-state index in [1.807, 2.05) is 20.8 Å². The van der Waals surface area contributed by atoms with E-state index in [4.69, 9.17) is 4.52 Å². The Morgan fingerprint density at radius 3 is 1.75 bits per heavy atom. The third kappa shape index (κ3) is 6.19. The molecular formula is C5H13O2P. The molecule has 0 aliphatic carbocycles. The summed E-state index contributed by atoms with van der Waals surface area (Å²) in [5, 5.41) is 0. The molecule has 0 spiro atoms. The molecule has 0 aromatic carbocycles. The fourth-order valence-electron chi connectivity index (χ4n) is 0.431. The molecular weight excluding hydrogens is 123 g/mol. The van der Waals surface area contributed by atoms with Gasteiger partial charge in [0.25, 0.3) is 0 Å². The summed E-state index contributed by atoms with van der Waals surface area (Å²) in [6.45, 7) is 7.26. The molecule has 0 amide bonds. The van der Waals surface area contributed by atoms with Gasteiger partial charge in [0.05, 0.1) is 5.60 Å². The van der Waals surface area contributed by atoms with Crippen molar-refractivity contribution >= 4 is 8.03 Å². The van der Waals surface area contributed by atoms with Crippen molar-refractivity contribution < 1.29 is 9.09 Å². The van der Waals surface area contributed by atoms with Crippen LogP contribution >= 0.6 is 8.03 Å². The Labute approximate surface area is 51.1 Å². The smallest absolute Gasteiger partial charge is 0.189 e. The number of hydrogen-bond donors (Lipinski definition) is 0. The molecule has 0 aromatic heterocycles. The lowest BCUT2D eigenvalue weighted by Gasteiger charge is -2.16. The van der Waals surface area contributed by atoms with Gasteiger partial charge in [-0.15, -0.1) is 0 Å².